The summed E-state index contributed by atoms with van der Waals surface area (Å²) in [4.78, 5) is 23.9. The minimum atomic E-state index is -0.970. The summed E-state index contributed by atoms with van der Waals surface area (Å²) < 4.78 is 15.2. The molecule has 0 radical (unpaired) electrons. The number of aryl methyl sites for hydroxylation is 1. The highest BCUT2D eigenvalue weighted by Gasteiger charge is 2.21. The first-order valence-corrected chi connectivity index (χ1v) is 6.71. The van der Waals surface area contributed by atoms with Crippen molar-refractivity contribution in [3.63, 3.8) is 0 Å². The predicted octanol–water partition coefficient (Wildman–Crippen LogP) is 2.78. The normalized spacial score (nSPS) is 11.6. The Hall–Kier alpha value is -2.76. The number of ether oxygens (including phenoxy) is 2. The highest BCUT2D eigenvalue weighted by molar-refractivity contribution is 5.97. The van der Waals surface area contributed by atoms with E-state index in [1.54, 1.807) is 18.2 Å². The van der Waals surface area contributed by atoms with Crippen molar-refractivity contribution in [2.75, 3.05) is 12.4 Å². The van der Waals surface area contributed by atoms with Gasteiger partial charge in [0.25, 0.3) is 5.91 Å². The summed E-state index contributed by atoms with van der Waals surface area (Å²) in [5.41, 5.74) is 1.49. The highest BCUT2D eigenvalue weighted by Crippen LogP contribution is 2.25. The number of nitrogens with one attached hydrogen (secondary N) is 1. The van der Waals surface area contributed by atoms with Gasteiger partial charge in [-0.05, 0) is 43.7 Å². The van der Waals surface area contributed by atoms with Gasteiger partial charge in [0.2, 0.25) is 5.76 Å². The molecule has 116 valence electrons. The lowest BCUT2D eigenvalue weighted by atomic mass is 10.2. The molecule has 1 amide bonds. The van der Waals surface area contributed by atoms with Gasteiger partial charge in [-0.3, -0.25) is 4.79 Å². The Morgan fingerprint density at radius 1 is 1.27 bits per heavy atom. The van der Waals surface area contributed by atoms with Crippen LogP contribution in [-0.2, 0) is 9.53 Å². The van der Waals surface area contributed by atoms with Gasteiger partial charge < -0.3 is 19.2 Å². The first kappa shape index (κ1) is 15.6. The Balaban J connectivity index is 2.02. The van der Waals surface area contributed by atoms with Crippen molar-refractivity contribution in [1.82, 2.24) is 0 Å². The van der Waals surface area contributed by atoms with Gasteiger partial charge in [0, 0.05) is 0 Å². The molecule has 0 aliphatic rings. The van der Waals surface area contributed by atoms with Crippen LogP contribution in [0.4, 0.5) is 5.69 Å². The predicted molar refractivity (Wildman–Crippen MR) is 79.9 cm³/mol. The summed E-state index contributed by atoms with van der Waals surface area (Å²) in [5.74, 6) is -0.566. The van der Waals surface area contributed by atoms with E-state index in [1.807, 2.05) is 13.0 Å². The monoisotopic (exact) mass is 303 g/mol. The van der Waals surface area contributed by atoms with E-state index in [9.17, 15) is 9.59 Å². The number of methoxy groups -OCH3 is 1. The summed E-state index contributed by atoms with van der Waals surface area (Å²) in [6, 6.07) is 8.44. The molecule has 2 rings (SSSR count). The molecule has 1 N–H and O–H groups in total. The second kappa shape index (κ2) is 6.80. The molecule has 1 unspecified atom stereocenters. The smallest absolute Gasteiger partial charge is 0.374 e. The Labute approximate surface area is 128 Å². The molecule has 0 aliphatic carbocycles. The van der Waals surface area contributed by atoms with Crippen LogP contribution in [-0.4, -0.2) is 25.1 Å². The van der Waals surface area contributed by atoms with Gasteiger partial charge in [-0.1, -0.05) is 6.07 Å². The zero-order valence-corrected chi connectivity index (χ0v) is 12.6. The van der Waals surface area contributed by atoms with Gasteiger partial charge in [0.1, 0.15) is 5.75 Å². The van der Waals surface area contributed by atoms with E-state index in [-0.39, 0.29) is 5.76 Å². The minimum Gasteiger partial charge on any atom is -0.495 e. The SMILES string of the molecule is COc1ccc(C)cc1NC(=O)C(C)OC(=O)c1ccco1. The van der Waals surface area contributed by atoms with E-state index in [2.05, 4.69) is 5.32 Å². The van der Waals surface area contributed by atoms with Crippen LogP contribution in [0, 0.1) is 6.92 Å². The lowest BCUT2D eigenvalue weighted by Gasteiger charge is -2.15. The van der Waals surface area contributed by atoms with Gasteiger partial charge in [-0.15, -0.1) is 0 Å². The number of rotatable bonds is 5. The lowest BCUT2D eigenvalue weighted by molar-refractivity contribution is -0.123. The van der Waals surface area contributed by atoms with Crippen LogP contribution in [0.25, 0.3) is 0 Å². The zero-order valence-electron chi connectivity index (χ0n) is 12.6. The second-order valence-corrected chi connectivity index (χ2v) is 4.72. The van der Waals surface area contributed by atoms with Gasteiger partial charge in [0.15, 0.2) is 6.10 Å². The Kier molecular flexibility index (Phi) is 4.83. The van der Waals surface area contributed by atoms with Crippen molar-refractivity contribution < 1.29 is 23.5 Å². The van der Waals surface area contributed by atoms with Crippen LogP contribution in [0.3, 0.4) is 0 Å². The van der Waals surface area contributed by atoms with E-state index in [0.29, 0.717) is 11.4 Å². The van der Waals surface area contributed by atoms with Crippen LogP contribution in [0.1, 0.15) is 23.0 Å². The van der Waals surface area contributed by atoms with Gasteiger partial charge in [-0.25, -0.2) is 4.79 Å². The molecule has 1 aromatic carbocycles. The van der Waals surface area contributed by atoms with Gasteiger partial charge in [-0.2, -0.15) is 0 Å². The minimum absolute atomic E-state index is 0.0489. The summed E-state index contributed by atoms with van der Waals surface area (Å²) in [6.45, 7) is 3.38. The molecule has 0 aliphatic heterocycles. The number of esters is 1. The molecule has 6 heteroatoms. The third kappa shape index (κ3) is 3.66. The van der Waals surface area contributed by atoms with E-state index in [1.165, 1.54) is 26.4 Å². The molecule has 0 bridgehead atoms. The Morgan fingerprint density at radius 3 is 2.68 bits per heavy atom. The maximum atomic E-state index is 12.1. The van der Waals surface area contributed by atoms with E-state index in [0.717, 1.165) is 5.56 Å². The fourth-order valence-electron chi connectivity index (χ4n) is 1.82. The first-order chi connectivity index (χ1) is 10.5. The van der Waals surface area contributed by atoms with Crippen LogP contribution >= 0.6 is 0 Å². The summed E-state index contributed by atoms with van der Waals surface area (Å²) in [5, 5.41) is 2.68. The number of carbonyl (C=O) groups is 2. The maximum absolute atomic E-state index is 12.1. The number of benzene rings is 1. The number of anilines is 1. The molecule has 22 heavy (non-hydrogen) atoms. The topological polar surface area (TPSA) is 77.8 Å². The van der Waals surface area contributed by atoms with Crippen molar-refractivity contribution >= 4 is 17.6 Å². The van der Waals surface area contributed by atoms with Gasteiger partial charge >= 0.3 is 5.97 Å². The Morgan fingerprint density at radius 2 is 2.05 bits per heavy atom. The van der Waals surface area contributed by atoms with Crippen LogP contribution < -0.4 is 10.1 Å². The third-order valence-electron chi connectivity index (χ3n) is 2.99. The Bertz CT molecular complexity index is 663. The second-order valence-electron chi connectivity index (χ2n) is 4.72. The van der Waals surface area contributed by atoms with Crippen LogP contribution in [0.5, 0.6) is 5.75 Å². The summed E-state index contributed by atoms with van der Waals surface area (Å²) in [6.07, 6.45) is 0.390. The number of furan rings is 1. The molecule has 1 atom stereocenters. The first-order valence-electron chi connectivity index (χ1n) is 6.71. The number of hydrogen-bond acceptors (Lipinski definition) is 5. The molecule has 1 heterocycles. The van der Waals surface area contributed by atoms with Crippen molar-refractivity contribution in [2.45, 2.75) is 20.0 Å². The summed E-state index contributed by atoms with van der Waals surface area (Å²) >= 11 is 0. The third-order valence-corrected chi connectivity index (χ3v) is 2.99. The highest BCUT2D eigenvalue weighted by atomic mass is 16.6. The van der Waals surface area contributed by atoms with Crippen LogP contribution in [0.2, 0.25) is 0 Å². The van der Waals surface area contributed by atoms with Crippen molar-refractivity contribution in [3.05, 3.63) is 47.9 Å². The molecule has 6 nitrogen and oxygen atoms in total. The van der Waals surface area contributed by atoms with Crippen LogP contribution in [0.15, 0.2) is 41.0 Å². The maximum Gasteiger partial charge on any atom is 0.374 e. The lowest BCUT2D eigenvalue weighted by Crippen LogP contribution is -2.30. The molecule has 0 saturated carbocycles. The summed E-state index contributed by atoms with van der Waals surface area (Å²) in [7, 11) is 1.51. The number of amides is 1. The molecular formula is C16H17NO5. The van der Waals surface area contributed by atoms with Crippen molar-refractivity contribution in [3.8, 4) is 5.75 Å². The van der Waals surface area contributed by atoms with Gasteiger partial charge in [0.05, 0.1) is 19.1 Å². The molecule has 1 aromatic heterocycles. The standard InChI is InChI=1S/C16H17NO5/c1-10-6-7-13(20-3)12(9-10)17-15(18)11(2)22-16(19)14-5-4-8-21-14/h4-9,11H,1-3H3,(H,17,18). The average molecular weight is 303 g/mol. The molecular weight excluding hydrogens is 286 g/mol. The fourth-order valence-corrected chi connectivity index (χ4v) is 1.82. The largest absolute Gasteiger partial charge is 0.495 e. The molecule has 0 fully saturated rings. The number of hydrogen-bond donors (Lipinski definition) is 1. The fraction of sp³-hybridized carbons (Fsp3) is 0.250. The van der Waals surface area contributed by atoms with E-state index in [4.69, 9.17) is 13.9 Å². The zero-order chi connectivity index (χ0) is 16.1. The van der Waals surface area contributed by atoms with E-state index >= 15 is 0 Å². The molecule has 2 aromatic rings. The van der Waals surface area contributed by atoms with Crippen molar-refractivity contribution in [2.24, 2.45) is 0 Å². The molecule has 0 saturated heterocycles. The van der Waals surface area contributed by atoms with Crippen molar-refractivity contribution in [1.29, 1.82) is 0 Å². The van der Waals surface area contributed by atoms with E-state index < -0.39 is 18.0 Å². The quantitative estimate of drug-likeness (QED) is 0.859. The number of carbonyl (C=O) groups excluding carboxylic acids is 2. The average Bonchev–Trinajstić information content (AvgIpc) is 3.01. The molecule has 0 spiro atoms.